The zero-order valence-corrected chi connectivity index (χ0v) is 13.6. The van der Waals surface area contributed by atoms with Gasteiger partial charge in [0, 0.05) is 37.3 Å². The Morgan fingerprint density at radius 2 is 2.29 bits per heavy atom. The van der Waals surface area contributed by atoms with E-state index in [1.807, 2.05) is 17.5 Å². The fourth-order valence-electron chi connectivity index (χ4n) is 2.51. The summed E-state index contributed by atoms with van der Waals surface area (Å²) in [5.74, 6) is 1.10. The number of thiophene rings is 1. The van der Waals surface area contributed by atoms with Gasteiger partial charge in [0.2, 0.25) is 0 Å². The molecule has 0 amide bonds. The van der Waals surface area contributed by atoms with Gasteiger partial charge in [-0.15, -0.1) is 11.3 Å². The lowest BCUT2D eigenvalue weighted by Crippen LogP contribution is -2.22. The van der Waals surface area contributed by atoms with E-state index in [9.17, 15) is 0 Å². The largest absolute Gasteiger partial charge is 0.359 e. The number of nitrogens with one attached hydrogen (secondary N) is 1. The fourth-order valence-corrected chi connectivity index (χ4v) is 3.21. The average molecular weight is 301 g/mol. The van der Waals surface area contributed by atoms with Crippen molar-refractivity contribution in [3.63, 3.8) is 0 Å². The van der Waals surface area contributed by atoms with Crippen molar-refractivity contribution in [2.75, 3.05) is 18.5 Å². The lowest BCUT2D eigenvalue weighted by molar-refractivity contribution is 0.685. The highest BCUT2D eigenvalue weighted by atomic mass is 32.1. The standard InChI is InChI=1S/C17H23N3S/c1-13-10-14(11-18-15-5-6-15)12-19-17(13)20(2)8-7-16-4-3-9-21-16/h3-4,9-10,12,15,18H,5-8,11H2,1-2H3. The minimum absolute atomic E-state index is 0.749. The first-order chi connectivity index (χ1) is 10.2. The fraction of sp³-hybridized carbons (Fsp3) is 0.471. The molecule has 2 aromatic heterocycles. The van der Waals surface area contributed by atoms with Gasteiger partial charge in [0.05, 0.1) is 0 Å². The smallest absolute Gasteiger partial charge is 0.131 e. The van der Waals surface area contributed by atoms with E-state index < -0.39 is 0 Å². The van der Waals surface area contributed by atoms with Gasteiger partial charge in [0.1, 0.15) is 5.82 Å². The van der Waals surface area contributed by atoms with Crippen molar-refractivity contribution < 1.29 is 0 Å². The van der Waals surface area contributed by atoms with E-state index in [-0.39, 0.29) is 0 Å². The Bertz CT molecular complexity index is 576. The molecular formula is C17H23N3S. The maximum atomic E-state index is 4.67. The highest BCUT2D eigenvalue weighted by Gasteiger charge is 2.20. The van der Waals surface area contributed by atoms with E-state index >= 15 is 0 Å². The maximum absolute atomic E-state index is 4.67. The number of pyridine rings is 1. The van der Waals surface area contributed by atoms with Crippen LogP contribution >= 0.6 is 11.3 Å². The van der Waals surface area contributed by atoms with Gasteiger partial charge in [-0.25, -0.2) is 4.98 Å². The van der Waals surface area contributed by atoms with Crippen molar-refractivity contribution in [1.82, 2.24) is 10.3 Å². The Morgan fingerprint density at radius 1 is 1.43 bits per heavy atom. The third-order valence-electron chi connectivity index (χ3n) is 3.91. The van der Waals surface area contributed by atoms with Crippen LogP contribution in [0.15, 0.2) is 29.8 Å². The second kappa shape index (κ2) is 6.58. The summed E-state index contributed by atoms with van der Waals surface area (Å²) in [6.07, 6.45) is 5.76. The molecule has 1 saturated carbocycles. The summed E-state index contributed by atoms with van der Waals surface area (Å²) in [6.45, 7) is 4.11. The molecule has 0 aliphatic heterocycles. The zero-order chi connectivity index (χ0) is 14.7. The van der Waals surface area contributed by atoms with Crippen molar-refractivity contribution >= 4 is 17.2 Å². The van der Waals surface area contributed by atoms with Crippen LogP contribution in [0.25, 0.3) is 0 Å². The molecule has 4 heteroatoms. The van der Waals surface area contributed by atoms with Crippen molar-refractivity contribution in [3.8, 4) is 0 Å². The normalized spacial score (nSPS) is 14.4. The first-order valence-corrected chi connectivity index (χ1v) is 8.53. The van der Waals surface area contributed by atoms with Gasteiger partial charge >= 0.3 is 0 Å². The summed E-state index contributed by atoms with van der Waals surface area (Å²) in [6, 6.07) is 7.33. The molecule has 0 atom stereocenters. The molecule has 0 saturated heterocycles. The molecule has 112 valence electrons. The quantitative estimate of drug-likeness (QED) is 0.850. The van der Waals surface area contributed by atoms with Crippen LogP contribution in [0.1, 0.15) is 28.8 Å². The molecule has 1 N–H and O–H groups in total. The number of hydrogen-bond donors (Lipinski definition) is 1. The molecule has 21 heavy (non-hydrogen) atoms. The van der Waals surface area contributed by atoms with Crippen LogP contribution < -0.4 is 10.2 Å². The Morgan fingerprint density at radius 3 is 2.95 bits per heavy atom. The Labute approximate surface area is 131 Å². The number of rotatable bonds is 7. The van der Waals surface area contributed by atoms with E-state index in [0.717, 1.165) is 31.4 Å². The van der Waals surface area contributed by atoms with Crippen LogP contribution in [0.3, 0.4) is 0 Å². The van der Waals surface area contributed by atoms with Crippen molar-refractivity contribution in [2.24, 2.45) is 0 Å². The molecule has 0 radical (unpaired) electrons. The molecular weight excluding hydrogens is 278 g/mol. The van der Waals surface area contributed by atoms with Crippen LogP contribution in [-0.4, -0.2) is 24.6 Å². The molecule has 2 heterocycles. The number of aromatic nitrogens is 1. The number of nitrogens with zero attached hydrogens (tertiary/aromatic N) is 2. The van der Waals surface area contributed by atoms with E-state index in [2.05, 4.69) is 52.8 Å². The summed E-state index contributed by atoms with van der Waals surface area (Å²) >= 11 is 1.83. The summed E-state index contributed by atoms with van der Waals surface area (Å²) < 4.78 is 0. The predicted molar refractivity (Wildman–Crippen MR) is 90.1 cm³/mol. The van der Waals surface area contributed by atoms with Crippen molar-refractivity contribution in [1.29, 1.82) is 0 Å². The highest BCUT2D eigenvalue weighted by Crippen LogP contribution is 2.21. The number of likely N-dealkylation sites (N-methyl/N-ethyl adjacent to an activating group) is 1. The van der Waals surface area contributed by atoms with Crippen molar-refractivity contribution in [2.45, 2.75) is 38.8 Å². The molecule has 1 aliphatic rings. The van der Waals surface area contributed by atoms with E-state index in [4.69, 9.17) is 0 Å². The summed E-state index contributed by atoms with van der Waals surface area (Å²) in [4.78, 5) is 8.36. The average Bonchev–Trinajstić information content (AvgIpc) is 3.16. The molecule has 3 rings (SSSR count). The zero-order valence-electron chi connectivity index (χ0n) is 12.8. The first kappa shape index (κ1) is 14.5. The van der Waals surface area contributed by atoms with E-state index in [0.29, 0.717) is 0 Å². The maximum Gasteiger partial charge on any atom is 0.131 e. The van der Waals surface area contributed by atoms with Crippen molar-refractivity contribution in [3.05, 3.63) is 45.8 Å². The monoisotopic (exact) mass is 301 g/mol. The van der Waals surface area contributed by atoms with Gasteiger partial charge in [-0.2, -0.15) is 0 Å². The summed E-state index contributed by atoms with van der Waals surface area (Å²) in [5, 5.41) is 5.68. The minimum atomic E-state index is 0.749. The Kier molecular flexibility index (Phi) is 4.56. The summed E-state index contributed by atoms with van der Waals surface area (Å²) in [7, 11) is 2.13. The molecule has 0 aromatic carbocycles. The van der Waals surface area contributed by atoms with Gasteiger partial charge in [-0.05, 0) is 54.8 Å². The van der Waals surface area contributed by atoms with Gasteiger partial charge in [-0.1, -0.05) is 6.07 Å². The molecule has 2 aromatic rings. The third kappa shape index (κ3) is 4.05. The number of aryl methyl sites for hydroxylation is 1. The number of anilines is 1. The highest BCUT2D eigenvalue weighted by molar-refractivity contribution is 7.09. The minimum Gasteiger partial charge on any atom is -0.359 e. The lowest BCUT2D eigenvalue weighted by atomic mass is 10.2. The first-order valence-electron chi connectivity index (χ1n) is 7.65. The van der Waals surface area contributed by atoms with Gasteiger partial charge in [0.25, 0.3) is 0 Å². The molecule has 1 aliphatic carbocycles. The third-order valence-corrected chi connectivity index (χ3v) is 4.85. The molecule has 1 fully saturated rings. The van der Waals surface area contributed by atoms with Crippen LogP contribution in [0.2, 0.25) is 0 Å². The SMILES string of the molecule is Cc1cc(CNC2CC2)cnc1N(C)CCc1cccs1. The van der Waals surface area contributed by atoms with E-state index in [1.54, 1.807) is 0 Å². The molecule has 0 unspecified atom stereocenters. The predicted octanol–water partition coefficient (Wildman–Crippen LogP) is 3.38. The molecule has 0 spiro atoms. The van der Waals surface area contributed by atoms with Crippen LogP contribution in [0.4, 0.5) is 5.82 Å². The second-order valence-corrected chi connectivity index (χ2v) is 6.92. The van der Waals surface area contributed by atoms with Crippen LogP contribution in [0, 0.1) is 6.92 Å². The van der Waals surface area contributed by atoms with Crippen LogP contribution in [-0.2, 0) is 13.0 Å². The second-order valence-electron chi connectivity index (χ2n) is 5.89. The Hall–Kier alpha value is -1.39. The van der Waals surface area contributed by atoms with Crippen LogP contribution in [0.5, 0.6) is 0 Å². The van der Waals surface area contributed by atoms with E-state index in [1.165, 1.54) is 28.8 Å². The summed E-state index contributed by atoms with van der Waals surface area (Å²) in [5.41, 5.74) is 2.55. The molecule has 0 bridgehead atoms. The van der Waals surface area contributed by atoms with Gasteiger partial charge < -0.3 is 10.2 Å². The van der Waals surface area contributed by atoms with Gasteiger partial charge in [0.15, 0.2) is 0 Å². The van der Waals surface area contributed by atoms with Gasteiger partial charge in [-0.3, -0.25) is 0 Å². The topological polar surface area (TPSA) is 28.2 Å². The lowest BCUT2D eigenvalue weighted by Gasteiger charge is -2.20. The Balaban J connectivity index is 1.58. The number of hydrogen-bond acceptors (Lipinski definition) is 4. The molecule has 3 nitrogen and oxygen atoms in total.